The molecule has 2 aromatic rings. The standard InChI is InChI=1S/C23H32N4O2.HI/c1-18-12-19(14-22(13-18)28-3)15-25-23(24-2)26-16-20-6-4-5-7-21(20)17-27-8-10-29-11-9-27;/h4-7,12-14H,8-11,15-17H2,1-3H3,(H2,24,25,26);1H. The fourth-order valence-corrected chi connectivity index (χ4v) is 3.51. The number of rotatable bonds is 7. The molecule has 1 aliphatic heterocycles. The number of nitrogens with zero attached hydrogens (tertiary/aromatic N) is 2. The molecule has 1 heterocycles. The fraction of sp³-hybridized carbons (Fsp3) is 0.435. The van der Waals surface area contributed by atoms with Crippen molar-refractivity contribution in [2.75, 3.05) is 40.5 Å². The lowest BCUT2D eigenvalue weighted by Gasteiger charge is -2.27. The first-order chi connectivity index (χ1) is 14.2. The van der Waals surface area contributed by atoms with Crippen molar-refractivity contribution in [3.05, 3.63) is 64.7 Å². The first kappa shape index (κ1) is 24.4. The predicted molar refractivity (Wildman–Crippen MR) is 133 cm³/mol. The van der Waals surface area contributed by atoms with Crippen molar-refractivity contribution >= 4 is 29.9 Å². The average Bonchev–Trinajstić information content (AvgIpc) is 2.75. The number of ether oxygens (including phenoxy) is 2. The molecule has 2 aromatic carbocycles. The van der Waals surface area contributed by atoms with Crippen molar-refractivity contribution in [2.45, 2.75) is 26.6 Å². The van der Waals surface area contributed by atoms with E-state index in [0.717, 1.165) is 56.7 Å². The Hall–Kier alpha value is -1.84. The molecule has 0 atom stereocenters. The summed E-state index contributed by atoms with van der Waals surface area (Å²) in [5, 5.41) is 6.83. The topological polar surface area (TPSA) is 58.1 Å². The Bertz CT molecular complexity index is 823. The number of methoxy groups -OCH3 is 1. The minimum absolute atomic E-state index is 0. The van der Waals surface area contributed by atoms with Gasteiger partial charge in [0.15, 0.2) is 5.96 Å². The summed E-state index contributed by atoms with van der Waals surface area (Å²) in [5.41, 5.74) is 4.98. The van der Waals surface area contributed by atoms with E-state index in [1.165, 1.54) is 16.7 Å². The Labute approximate surface area is 197 Å². The average molecular weight is 524 g/mol. The summed E-state index contributed by atoms with van der Waals surface area (Å²) in [5.74, 6) is 1.66. The van der Waals surface area contributed by atoms with Crippen LogP contribution in [0.25, 0.3) is 0 Å². The van der Waals surface area contributed by atoms with E-state index in [2.05, 4.69) is 57.8 Å². The maximum atomic E-state index is 5.46. The molecule has 0 unspecified atom stereocenters. The van der Waals surface area contributed by atoms with E-state index in [9.17, 15) is 0 Å². The molecule has 1 fully saturated rings. The third kappa shape index (κ3) is 7.45. The second kappa shape index (κ2) is 12.8. The van der Waals surface area contributed by atoms with E-state index in [1.807, 2.05) is 12.1 Å². The smallest absolute Gasteiger partial charge is 0.191 e. The SMILES string of the molecule is CN=C(NCc1cc(C)cc(OC)c1)NCc1ccccc1CN1CCOCC1.I. The van der Waals surface area contributed by atoms with Crippen LogP contribution in [0.3, 0.4) is 0 Å². The van der Waals surface area contributed by atoms with Crippen LogP contribution < -0.4 is 15.4 Å². The number of morpholine rings is 1. The van der Waals surface area contributed by atoms with Gasteiger partial charge < -0.3 is 20.1 Å². The molecule has 1 saturated heterocycles. The second-order valence-corrected chi connectivity index (χ2v) is 7.29. The quantitative estimate of drug-likeness (QED) is 0.331. The van der Waals surface area contributed by atoms with Crippen molar-refractivity contribution in [3.63, 3.8) is 0 Å². The molecule has 164 valence electrons. The molecule has 0 spiro atoms. The first-order valence-corrected chi connectivity index (χ1v) is 10.1. The zero-order chi connectivity index (χ0) is 20.5. The minimum Gasteiger partial charge on any atom is -0.497 e. The highest BCUT2D eigenvalue weighted by molar-refractivity contribution is 14.0. The molecule has 6 nitrogen and oxygen atoms in total. The van der Waals surface area contributed by atoms with Gasteiger partial charge in [0.05, 0.1) is 20.3 Å². The monoisotopic (exact) mass is 524 g/mol. The zero-order valence-corrected chi connectivity index (χ0v) is 20.4. The molecule has 0 bridgehead atoms. The summed E-state index contributed by atoms with van der Waals surface area (Å²) in [6.07, 6.45) is 0. The maximum absolute atomic E-state index is 5.46. The molecule has 30 heavy (non-hydrogen) atoms. The highest BCUT2D eigenvalue weighted by Gasteiger charge is 2.12. The molecule has 0 aromatic heterocycles. The van der Waals surface area contributed by atoms with Crippen LogP contribution in [0.4, 0.5) is 0 Å². The van der Waals surface area contributed by atoms with Crippen molar-refractivity contribution in [2.24, 2.45) is 4.99 Å². The van der Waals surface area contributed by atoms with Gasteiger partial charge in [-0.15, -0.1) is 24.0 Å². The largest absolute Gasteiger partial charge is 0.497 e. The number of nitrogens with one attached hydrogen (secondary N) is 2. The van der Waals surface area contributed by atoms with E-state index >= 15 is 0 Å². The number of aliphatic imine (C=N–C) groups is 1. The molecule has 0 amide bonds. The third-order valence-electron chi connectivity index (χ3n) is 5.09. The number of hydrogen-bond acceptors (Lipinski definition) is 4. The van der Waals surface area contributed by atoms with Crippen LogP contribution in [-0.2, 0) is 24.4 Å². The summed E-state index contributed by atoms with van der Waals surface area (Å²) in [6, 6.07) is 14.8. The minimum atomic E-state index is 0. The Morgan fingerprint density at radius 3 is 2.47 bits per heavy atom. The zero-order valence-electron chi connectivity index (χ0n) is 18.1. The summed E-state index contributed by atoms with van der Waals surface area (Å²) >= 11 is 0. The van der Waals surface area contributed by atoms with E-state index < -0.39 is 0 Å². The molecule has 1 aliphatic rings. The Morgan fingerprint density at radius 1 is 1.07 bits per heavy atom. The Morgan fingerprint density at radius 2 is 1.77 bits per heavy atom. The second-order valence-electron chi connectivity index (χ2n) is 7.29. The molecule has 2 N–H and O–H groups in total. The number of aryl methyl sites for hydroxylation is 1. The normalized spacial score (nSPS) is 14.7. The van der Waals surface area contributed by atoms with Crippen molar-refractivity contribution in [3.8, 4) is 5.75 Å². The predicted octanol–water partition coefficient (Wildman–Crippen LogP) is 3.32. The van der Waals surface area contributed by atoms with E-state index in [1.54, 1.807) is 14.2 Å². The van der Waals surface area contributed by atoms with E-state index in [0.29, 0.717) is 6.54 Å². The van der Waals surface area contributed by atoms with Crippen LogP contribution >= 0.6 is 24.0 Å². The summed E-state index contributed by atoms with van der Waals surface area (Å²) in [4.78, 5) is 6.81. The van der Waals surface area contributed by atoms with Crippen molar-refractivity contribution < 1.29 is 9.47 Å². The number of halogens is 1. The van der Waals surface area contributed by atoms with Gasteiger partial charge in [-0.2, -0.15) is 0 Å². The van der Waals surface area contributed by atoms with Gasteiger partial charge in [-0.3, -0.25) is 9.89 Å². The molecular formula is C23H33IN4O2. The van der Waals surface area contributed by atoms with Crippen LogP contribution in [0.15, 0.2) is 47.5 Å². The van der Waals surface area contributed by atoms with Crippen molar-refractivity contribution in [1.29, 1.82) is 0 Å². The lowest BCUT2D eigenvalue weighted by atomic mass is 10.1. The van der Waals surface area contributed by atoms with Crippen LogP contribution in [0.5, 0.6) is 5.75 Å². The van der Waals surface area contributed by atoms with Gasteiger partial charge in [0.25, 0.3) is 0 Å². The molecule has 3 rings (SSSR count). The number of hydrogen-bond donors (Lipinski definition) is 2. The highest BCUT2D eigenvalue weighted by atomic mass is 127. The van der Waals surface area contributed by atoms with Crippen LogP contribution in [0, 0.1) is 6.92 Å². The lowest BCUT2D eigenvalue weighted by Crippen LogP contribution is -2.37. The van der Waals surface area contributed by atoms with Crippen molar-refractivity contribution in [1.82, 2.24) is 15.5 Å². The molecular weight excluding hydrogens is 491 g/mol. The van der Waals surface area contributed by atoms with Gasteiger partial charge in [-0.25, -0.2) is 0 Å². The van der Waals surface area contributed by atoms with Gasteiger partial charge in [0.2, 0.25) is 0 Å². The fourth-order valence-electron chi connectivity index (χ4n) is 3.51. The Balaban J connectivity index is 0.00000320. The van der Waals surface area contributed by atoms with Crippen LogP contribution in [-0.4, -0.2) is 51.3 Å². The van der Waals surface area contributed by atoms with Gasteiger partial charge in [-0.1, -0.05) is 30.3 Å². The van der Waals surface area contributed by atoms with Crippen LogP contribution in [0.1, 0.15) is 22.3 Å². The van der Waals surface area contributed by atoms with Gasteiger partial charge in [-0.05, 0) is 41.3 Å². The first-order valence-electron chi connectivity index (χ1n) is 10.1. The summed E-state index contributed by atoms with van der Waals surface area (Å²) in [6.45, 7) is 8.07. The lowest BCUT2D eigenvalue weighted by molar-refractivity contribution is 0.0341. The molecule has 0 saturated carbocycles. The Kier molecular flexibility index (Phi) is 10.4. The highest BCUT2D eigenvalue weighted by Crippen LogP contribution is 2.16. The molecule has 7 heteroatoms. The number of guanidine groups is 1. The number of benzene rings is 2. The van der Waals surface area contributed by atoms with Gasteiger partial charge >= 0.3 is 0 Å². The van der Waals surface area contributed by atoms with Gasteiger partial charge in [0.1, 0.15) is 5.75 Å². The van der Waals surface area contributed by atoms with E-state index in [4.69, 9.17) is 9.47 Å². The van der Waals surface area contributed by atoms with E-state index in [-0.39, 0.29) is 24.0 Å². The molecule has 0 aliphatic carbocycles. The summed E-state index contributed by atoms with van der Waals surface area (Å²) < 4.78 is 10.8. The van der Waals surface area contributed by atoms with Crippen LogP contribution in [0.2, 0.25) is 0 Å². The third-order valence-corrected chi connectivity index (χ3v) is 5.09. The molecule has 0 radical (unpaired) electrons. The van der Waals surface area contributed by atoms with Gasteiger partial charge in [0, 0.05) is 39.8 Å². The maximum Gasteiger partial charge on any atom is 0.191 e. The summed E-state index contributed by atoms with van der Waals surface area (Å²) in [7, 11) is 3.49.